The molecule has 0 aliphatic heterocycles. The first kappa shape index (κ1) is 11.6. The highest BCUT2D eigenvalue weighted by Crippen LogP contribution is 2.17. The van der Waals surface area contributed by atoms with Gasteiger partial charge < -0.3 is 5.32 Å². The molecule has 0 fully saturated rings. The van der Waals surface area contributed by atoms with Gasteiger partial charge in [-0.1, -0.05) is 33.1 Å². The number of unbranched alkanes of at least 4 members (excludes halogenated alkanes) is 2. The standard InChI is InChI=1S/C10H19N3S/c1-3-5-6-7-9(11-4-2)10-8-12-14-13-10/h8-9,11H,3-7H2,1-2H3. The third kappa shape index (κ3) is 3.72. The van der Waals surface area contributed by atoms with Crippen molar-refractivity contribution in [2.45, 2.75) is 45.6 Å². The van der Waals surface area contributed by atoms with Gasteiger partial charge in [-0.15, -0.1) is 0 Å². The van der Waals surface area contributed by atoms with Crippen LogP contribution in [0, 0.1) is 0 Å². The summed E-state index contributed by atoms with van der Waals surface area (Å²) in [5.41, 5.74) is 1.10. The van der Waals surface area contributed by atoms with Crippen LogP contribution in [0.1, 0.15) is 51.3 Å². The zero-order valence-corrected chi connectivity index (χ0v) is 9.81. The molecule has 0 aromatic carbocycles. The van der Waals surface area contributed by atoms with Crippen LogP contribution in [0.15, 0.2) is 6.20 Å². The Balaban J connectivity index is 2.39. The fourth-order valence-electron chi connectivity index (χ4n) is 1.52. The molecule has 0 spiro atoms. The van der Waals surface area contributed by atoms with Crippen LogP contribution in [0.5, 0.6) is 0 Å². The lowest BCUT2D eigenvalue weighted by atomic mass is 10.1. The number of rotatable bonds is 7. The molecule has 1 aromatic rings. The van der Waals surface area contributed by atoms with E-state index in [4.69, 9.17) is 0 Å². The van der Waals surface area contributed by atoms with Gasteiger partial charge in [0.1, 0.15) is 0 Å². The second-order valence-electron chi connectivity index (χ2n) is 3.44. The van der Waals surface area contributed by atoms with E-state index in [2.05, 4.69) is 27.9 Å². The van der Waals surface area contributed by atoms with Gasteiger partial charge in [-0.05, 0) is 13.0 Å². The van der Waals surface area contributed by atoms with Gasteiger partial charge in [-0.3, -0.25) is 0 Å². The molecule has 4 heteroatoms. The van der Waals surface area contributed by atoms with E-state index >= 15 is 0 Å². The Hall–Kier alpha value is -0.480. The molecule has 1 heterocycles. The first-order valence-corrected chi connectivity index (χ1v) is 6.12. The van der Waals surface area contributed by atoms with Crippen LogP contribution in [0.2, 0.25) is 0 Å². The van der Waals surface area contributed by atoms with E-state index in [9.17, 15) is 0 Å². The molecule has 0 bridgehead atoms. The third-order valence-corrected chi connectivity index (χ3v) is 2.77. The Labute approximate surface area is 90.3 Å². The number of nitrogens with zero attached hydrogens (tertiary/aromatic N) is 2. The van der Waals surface area contributed by atoms with E-state index in [1.165, 1.54) is 37.4 Å². The van der Waals surface area contributed by atoms with Crippen LogP contribution in [0.4, 0.5) is 0 Å². The minimum Gasteiger partial charge on any atom is -0.309 e. The van der Waals surface area contributed by atoms with Crippen LogP contribution in [-0.2, 0) is 0 Å². The largest absolute Gasteiger partial charge is 0.309 e. The lowest BCUT2D eigenvalue weighted by molar-refractivity contribution is 0.479. The highest BCUT2D eigenvalue weighted by Gasteiger charge is 2.11. The Morgan fingerprint density at radius 3 is 2.86 bits per heavy atom. The summed E-state index contributed by atoms with van der Waals surface area (Å²) < 4.78 is 8.33. The summed E-state index contributed by atoms with van der Waals surface area (Å²) in [4.78, 5) is 0. The molecule has 1 N–H and O–H groups in total. The summed E-state index contributed by atoms with van der Waals surface area (Å²) in [6.45, 7) is 5.35. The highest BCUT2D eigenvalue weighted by atomic mass is 32.1. The van der Waals surface area contributed by atoms with Crippen molar-refractivity contribution in [3.05, 3.63) is 11.9 Å². The predicted molar refractivity (Wildman–Crippen MR) is 60.5 cm³/mol. The number of hydrogen-bond acceptors (Lipinski definition) is 4. The Morgan fingerprint density at radius 2 is 2.29 bits per heavy atom. The molecule has 3 nitrogen and oxygen atoms in total. The average Bonchev–Trinajstić information content (AvgIpc) is 2.70. The molecule has 0 aliphatic carbocycles. The van der Waals surface area contributed by atoms with Crippen LogP contribution in [0.3, 0.4) is 0 Å². The fourth-order valence-corrected chi connectivity index (χ4v) is 2.00. The maximum Gasteiger partial charge on any atom is 0.0912 e. The predicted octanol–water partition coefficient (Wildman–Crippen LogP) is 2.77. The number of hydrogen-bond donors (Lipinski definition) is 1. The Morgan fingerprint density at radius 1 is 1.43 bits per heavy atom. The van der Waals surface area contributed by atoms with Crippen LogP contribution in [0.25, 0.3) is 0 Å². The summed E-state index contributed by atoms with van der Waals surface area (Å²) in [7, 11) is 0. The monoisotopic (exact) mass is 213 g/mol. The molecule has 14 heavy (non-hydrogen) atoms. The van der Waals surface area contributed by atoms with Crippen molar-refractivity contribution >= 4 is 11.7 Å². The van der Waals surface area contributed by atoms with Gasteiger partial charge in [0.2, 0.25) is 0 Å². The maximum absolute atomic E-state index is 4.28. The SMILES string of the molecule is CCCCCC(NCC)c1cnsn1. The van der Waals surface area contributed by atoms with Crippen LogP contribution in [-0.4, -0.2) is 15.3 Å². The lowest BCUT2D eigenvalue weighted by Gasteiger charge is -2.14. The fraction of sp³-hybridized carbons (Fsp3) is 0.800. The topological polar surface area (TPSA) is 37.8 Å². The first-order chi connectivity index (χ1) is 6.88. The van der Waals surface area contributed by atoms with E-state index in [-0.39, 0.29) is 0 Å². The quantitative estimate of drug-likeness (QED) is 0.708. The van der Waals surface area contributed by atoms with Gasteiger partial charge in [0.05, 0.1) is 29.7 Å². The van der Waals surface area contributed by atoms with Crippen molar-refractivity contribution in [2.75, 3.05) is 6.54 Å². The highest BCUT2D eigenvalue weighted by molar-refractivity contribution is 6.99. The molecule has 1 atom stereocenters. The molecule has 80 valence electrons. The molecule has 0 saturated heterocycles. The van der Waals surface area contributed by atoms with E-state index in [0.29, 0.717) is 6.04 Å². The third-order valence-electron chi connectivity index (χ3n) is 2.28. The molecular formula is C10H19N3S. The van der Waals surface area contributed by atoms with Gasteiger partial charge in [0, 0.05) is 0 Å². The summed E-state index contributed by atoms with van der Waals surface area (Å²) in [5, 5.41) is 3.45. The van der Waals surface area contributed by atoms with Gasteiger partial charge in [-0.25, -0.2) is 0 Å². The van der Waals surface area contributed by atoms with Crippen molar-refractivity contribution in [1.82, 2.24) is 14.1 Å². The summed E-state index contributed by atoms with van der Waals surface area (Å²) in [5.74, 6) is 0. The summed E-state index contributed by atoms with van der Waals surface area (Å²) in [6.07, 6.45) is 6.90. The van der Waals surface area contributed by atoms with Gasteiger partial charge >= 0.3 is 0 Å². The molecule has 1 rings (SSSR count). The van der Waals surface area contributed by atoms with Crippen molar-refractivity contribution in [1.29, 1.82) is 0 Å². The maximum atomic E-state index is 4.28. The molecule has 1 aromatic heterocycles. The number of nitrogens with one attached hydrogen (secondary N) is 1. The lowest BCUT2D eigenvalue weighted by Crippen LogP contribution is -2.21. The van der Waals surface area contributed by atoms with Gasteiger partial charge in [0.15, 0.2) is 0 Å². The van der Waals surface area contributed by atoms with Crippen molar-refractivity contribution in [2.24, 2.45) is 0 Å². The Kier molecular flexibility index (Phi) is 5.71. The van der Waals surface area contributed by atoms with E-state index in [1.807, 2.05) is 6.20 Å². The van der Waals surface area contributed by atoms with Crippen LogP contribution >= 0.6 is 11.7 Å². The molecular weight excluding hydrogens is 194 g/mol. The van der Waals surface area contributed by atoms with E-state index in [0.717, 1.165) is 12.2 Å². The molecule has 0 saturated carbocycles. The number of aromatic nitrogens is 2. The normalized spacial score (nSPS) is 13.0. The average molecular weight is 213 g/mol. The van der Waals surface area contributed by atoms with Crippen molar-refractivity contribution in [3.63, 3.8) is 0 Å². The Bertz CT molecular complexity index is 223. The zero-order valence-electron chi connectivity index (χ0n) is 8.99. The van der Waals surface area contributed by atoms with Gasteiger partial charge in [-0.2, -0.15) is 8.75 Å². The second-order valence-corrected chi connectivity index (χ2v) is 4.00. The van der Waals surface area contributed by atoms with Crippen LogP contribution < -0.4 is 5.32 Å². The van der Waals surface area contributed by atoms with E-state index in [1.54, 1.807) is 0 Å². The molecule has 0 amide bonds. The molecule has 0 radical (unpaired) electrons. The molecule has 1 unspecified atom stereocenters. The summed E-state index contributed by atoms with van der Waals surface area (Å²) in [6, 6.07) is 0.408. The summed E-state index contributed by atoms with van der Waals surface area (Å²) >= 11 is 1.29. The minimum absolute atomic E-state index is 0.408. The van der Waals surface area contributed by atoms with Crippen molar-refractivity contribution in [3.8, 4) is 0 Å². The zero-order chi connectivity index (χ0) is 10.2. The minimum atomic E-state index is 0.408. The van der Waals surface area contributed by atoms with Crippen molar-refractivity contribution < 1.29 is 0 Å². The smallest absolute Gasteiger partial charge is 0.0912 e. The van der Waals surface area contributed by atoms with Gasteiger partial charge in [0.25, 0.3) is 0 Å². The molecule has 0 aliphatic rings. The second kappa shape index (κ2) is 6.90. The van der Waals surface area contributed by atoms with E-state index < -0.39 is 0 Å². The first-order valence-electron chi connectivity index (χ1n) is 5.39.